The van der Waals surface area contributed by atoms with E-state index < -0.39 is 56.7 Å². The SMILES string of the molecule is [C-]#[N+]c1cccc(N[C@H]2CCCCCC=C[C@@H]3C[C@@]3(C(=O)NS(=O)(=O)C3CC3)NC(=O)[C@@H]3C[C@@H](Oc4cc(-c5nc(C(C)C)cs5)nc5c(C)c(OC)ccc45)CN3C2=O)c1. The van der Waals surface area contributed by atoms with Crippen LogP contribution >= 0.6 is 11.3 Å². The highest BCUT2D eigenvalue weighted by atomic mass is 32.2. The molecule has 61 heavy (non-hydrogen) atoms. The van der Waals surface area contributed by atoms with Gasteiger partial charge in [0, 0.05) is 40.4 Å². The number of anilines is 1. The molecule has 8 rings (SSSR count). The number of rotatable bonds is 10. The number of carbonyl (C=O) groups is 3. The van der Waals surface area contributed by atoms with Gasteiger partial charge in [0.05, 0.1) is 36.7 Å². The van der Waals surface area contributed by atoms with Crippen molar-refractivity contribution < 1.29 is 32.3 Å². The van der Waals surface area contributed by atoms with Crippen LogP contribution in [0, 0.1) is 19.4 Å². The summed E-state index contributed by atoms with van der Waals surface area (Å²) in [6, 6.07) is 10.8. The maximum absolute atomic E-state index is 14.9. The van der Waals surface area contributed by atoms with Crippen molar-refractivity contribution in [3.05, 3.63) is 82.7 Å². The van der Waals surface area contributed by atoms with Crippen molar-refractivity contribution in [2.75, 3.05) is 19.0 Å². The molecule has 5 atom stereocenters. The van der Waals surface area contributed by atoms with Crippen LogP contribution in [0.4, 0.5) is 11.4 Å². The predicted octanol–water partition coefficient (Wildman–Crippen LogP) is 7.18. The molecule has 14 nitrogen and oxygen atoms in total. The van der Waals surface area contributed by atoms with Gasteiger partial charge in [-0.15, -0.1) is 11.3 Å². The first-order chi connectivity index (χ1) is 29.3. The molecule has 3 N–H and O–H groups in total. The molecule has 0 radical (unpaired) electrons. The number of sulfonamides is 1. The van der Waals surface area contributed by atoms with E-state index in [1.165, 1.54) is 16.2 Å². The number of nitrogens with zero attached hydrogens (tertiary/aromatic N) is 4. The van der Waals surface area contributed by atoms with Crippen LogP contribution in [-0.4, -0.2) is 83.6 Å². The highest BCUT2D eigenvalue weighted by Crippen LogP contribution is 2.46. The number of fused-ring (bicyclic) bond motifs is 3. The number of hydrogen-bond acceptors (Lipinski definition) is 11. The van der Waals surface area contributed by atoms with Gasteiger partial charge < -0.3 is 25.0 Å². The highest BCUT2D eigenvalue weighted by Gasteiger charge is 2.62. The Balaban J connectivity index is 1.16. The Bertz CT molecular complexity index is 2550. The third-order valence-electron chi connectivity index (χ3n) is 12.2. The minimum atomic E-state index is -3.90. The Morgan fingerprint density at radius 3 is 2.64 bits per heavy atom. The van der Waals surface area contributed by atoms with Crippen LogP contribution < -0.4 is 24.8 Å². The lowest BCUT2D eigenvalue weighted by Crippen LogP contribution is -2.57. The van der Waals surface area contributed by atoms with Crippen molar-refractivity contribution in [3.8, 4) is 22.2 Å². The van der Waals surface area contributed by atoms with Gasteiger partial charge in [0.2, 0.25) is 21.8 Å². The lowest BCUT2D eigenvalue weighted by atomic mass is 10.0. The van der Waals surface area contributed by atoms with Crippen molar-refractivity contribution in [1.82, 2.24) is 24.9 Å². The number of allylic oxidation sites excluding steroid dienone is 1. The summed E-state index contributed by atoms with van der Waals surface area (Å²) in [5.74, 6) is -0.675. The summed E-state index contributed by atoms with van der Waals surface area (Å²) in [5.41, 5.74) is 2.60. The molecule has 3 amide bonds. The zero-order chi connectivity index (χ0) is 43.1. The van der Waals surface area contributed by atoms with Crippen LogP contribution in [0.2, 0.25) is 0 Å². The number of nitrogens with one attached hydrogen (secondary N) is 3. The minimum absolute atomic E-state index is 0.0544. The van der Waals surface area contributed by atoms with Gasteiger partial charge in [-0.25, -0.2) is 23.2 Å². The summed E-state index contributed by atoms with van der Waals surface area (Å²) in [6.45, 7) is 13.7. The zero-order valence-electron chi connectivity index (χ0n) is 34.8. The van der Waals surface area contributed by atoms with Crippen LogP contribution in [0.15, 0.2) is 60.0 Å². The van der Waals surface area contributed by atoms with Crippen LogP contribution in [0.5, 0.6) is 11.5 Å². The Morgan fingerprint density at radius 1 is 1.08 bits per heavy atom. The van der Waals surface area contributed by atoms with E-state index >= 15 is 0 Å². The lowest BCUT2D eigenvalue weighted by Gasteiger charge is -2.30. The van der Waals surface area contributed by atoms with E-state index in [9.17, 15) is 22.8 Å². The molecule has 3 fully saturated rings. The number of hydrogen-bond donors (Lipinski definition) is 3. The van der Waals surface area contributed by atoms with E-state index in [0.717, 1.165) is 47.3 Å². The van der Waals surface area contributed by atoms with E-state index in [-0.39, 0.29) is 31.2 Å². The normalized spacial score (nSPS) is 24.5. The average Bonchev–Trinajstić information content (AvgIpc) is 4.12. The minimum Gasteiger partial charge on any atom is -0.496 e. The van der Waals surface area contributed by atoms with Crippen LogP contribution in [-0.2, 0) is 24.4 Å². The molecule has 4 aliphatic rings. The molecule has 2 saturated carbocycles. The van der Waals surface area contributed by atoms with E-state index in [0.29, 0.717) is 53.3 Å². The standard InChI is InChI=1S/C45H51N7O7S2/c1-26(2)36-25-60-42(49-36)35-22-39(33-18-19-38(58-5)27(3)40(33)48-35)59-31-21-37-41(53)50-45(44(55)51-61(56,57)32-16-17-32)23-28(45)12-9-7-6-8-10-15-34(43(54)52(37)24-31)47-30-14-11-13-29(20-30)46-4/h9,11-14,18-20,22,25-26,28,31-32,34,37,47H,6-8,10,15-17,21,23-24H2,1-3,5H3,(H,50,53)(H,51,55)/t28-,31-,34+,37+,45-/m1/s1. The van der Waals surface area contributed by atoms with Gasteiger partial charge in [-0.3, -0.25) is 19.1 Å². The number of aryl methyl sites for hydroxylation is 1. The quantitative estimate of drug-likeness (QED) is 0.110. The van der Waals surface area contributed by atoms with E-state index in [4.69, 9.17) is 26.0 Å². The second-order valence-electron chi connectivity index (χ2n) is 16.9. The topological polar surface area (TPSA) is 173 Å². The first-order valence-corrected chi connectivity index (χ1v) is 23.4. The van der Waals surface area contributed by atoms with Crippen molar-refractivity contribution in [2.24, 2.45) is 5.92 Å². The van der Waals surface area contributed by atoms with Crippen LogP contribution in [0.25, 0.3) is 26.4 Å². The smallest absolute Gasteiger partial charge is 0.259 e. The number of amides is 3. The first kappa shape index (κ1) is 42.2. The zero-order valence-corrected chi connectivity index (χ0v) is 36.4. The van der Waals surface area contributed by atoms with Gasteiger partial charge in [0.1, 0.15) is 45.9 Å². The molecule has 4 aromatic rings. The third kappa shape index (κ3) is 8.81. The maximum Gasteiger partial charge on any atom is 0.259 e. The van der Waals surface area contributed by atoms with Gasteiger partial charge in [0.15, 0.2) is 5.69 Å². The van der Waals surface area contributed by atoms with E-state index in [1.807, 2.05) is 48.7 Å². The Hall–Kier alpha value is -5.53. The monoisotopic (exact) mass is 865 g/mol. The Morgan fingerprint density at radius 2 is 1.90 bits per heavy atom. The molecular formula is C45H51N7O7S2. The largest absolute Gasteiger partial charge is 0.496 e. The summed E-state index contributed by atoms with van der Waals surface area (Å²) in [5, 5.41) is 9.19. The second kappa shape index (κ2) is 17.1. The van der Waals surface area contributed by atoms with Crippen molar-refractivity contribution in [2.45, 2.75) is 113 Å². The number of thiazole rings is 1. The first-order valence-electron chi connectivity index (χ1n) is 21.0. The van der Waals surface area contributed by atoms with Gasteiger partial charge in [-0.1, -0.05) is 51.0 Å². The molecule has 320 valence electrons. The number of ether oxygens (including phenoxy) is 2. The molecule has 16 heteroatoms. The second-order valence-corrected chi connectivity index (χ2v) is 19.7. The number of methoxy groups -OCH3 is 1. The van der Waals surface area contributed by atoms with Crippen molar-refractivity contribution >= 4 is 61.4 Å². The lowest BCUT2D eigenvalue weighted by molar-refractivity contribution is -0.140. The van der Waals surface area contributed by atoms with Crippen molar-refractivity contribution in [1.29, 1.82) is 0 Å². The maximum atomic E-state index is 14.9. The van der Waals surface area contributed by atoms with Crippen LogP contribution in [0.3, 0.4) is 0 Å². The summed E-state index contributed by atoms with van der Waals surface area (Å²) in [6.07, 6.45) is 8.11. The van der Waals surface area contributed by atoms with Crippen molar-refractivity contribution in [3.63, 3.8) is 0 Å². The number of benzene rings is 2. The van der Waals surface area contributed by atoms with E-state index in [2.05, 4.69) is 34.0 Å². The van der Waals surface area contributed by atoms with Gasteiger partial charge >= 0.3 is 0 Å². The number of carbonyl (C=O) groups excluding carboxylic acids is 3. The number of pyridine rings is 1. The Kier molecular flexibility index (Phi) is 11.8. The fourth-order valence-electron chi connectivity index (χ4n) is 8.37. The van der Waals surface area contributed by atoms with Gasteiger partial charge in [-0.2, -0.15) is 0 Å². The predicted molar refractivity (Wildman–Crippen MR) is 234 cm³/mol. The molecule has 0 bridgehead atoms. The fourth-order valence-corrected chi connectivity index (χ4v) is 10.7. The number of aromatic nitrogens is 2. The van der Waals surface area contributed by atoms with Gasteiger partial charge in [0.25, 0.3) is 5.91 Å². The van der Waals surface area contributed by atoms with E-state index in [1.54, 1.807) is 25.3 Å². The molecule has 0 unspecified atom stereocenters. The third-order valence-corrected chi connectivity index (χ3v) is 14.9. The molecule has 2 aliphatic carbocycles. The molecule has 1 saturated heterocycles. The highest BCUT2D eigenvalue weighted by molar-refractivity contribution is 7.91. The Labute approximate surface area is 360 Å². The van der Waals surface area contributed by atoms with Gasteiger partial charge in [-0.05, 0) is 75.6 Å². The average molecular weight is 866 g/mol. The molecule has 4 heterocycles. The fraction of sp³-hybridized carbons (Fsp3) is 0.467. The molecule has 2 aromatic heterocycles. The molecular weight excluding hydrogens is 815 g/mol. The summed E-state index contributed by atoms with van der Waals surface area (Å²) < 4.78 is 40.8. The summed E-state index contributed by atoms with van der Waals surface area (Å²) in [7, 11) is -2.29. The summed E-state index contributed by atoms with van der Waals surface area (Å²) in [4.78, 5) is 58.5. The molecule has 0 spiro atoms. The molecule has 2 aromatic carbocycles. The molecule has 2 aliphatic heterocycles. The summed E-state index contributed by atoms with van der Waals surface area (Å²) >= 11 is 1.49. The van der Waals surface area contributed by atoms with Crippen LogP contribution in [0.1, 0.15) is 88.8 Å².